The van der Waals surface area contributed by atoms with Crippen LogP contribution in [0.1, 0.15) is 24.0 Å². The van der Waals surface area contributed by atoms with E-state index >= 15 is 0 Å². The fraction of sp³-hybridized carbons (Fsp3) is 0.360. The third kappa shape index (κ3) is 4.96. The van der Waals surface area contributed by atoms with Crippen LogP contribution in [0.25, 0.3) is 5.57 Å². The highest BCUT2D eigenvalue weighted by Gasteiger charge is 2.44. The fourth-order valence-corrected chi connectivity index (χ4v) is 6.02. The van der Waals surface area contributed by atoms with Gasteiger partial charge in [0.05, 0.1) is 12.0 Å². The minimum absolute atomic E-state index is 0.0461. The number of hydrogen-bond donors (Lipinski definition) is 3. The lowest BCUT2D eigenvalue weighted by Gasteiger charge is -2.43. The number of hydrogen-bond acceptors (Lipinski definition) is 5. The first-order valence-electron chi connectivity index (χ1n) is 11.3. The largest absolute Gasteiger partial charge is 0.352 e. The number of carbonyl (C=O) groups excluding carboxylic acids is 2. The van der Waals surface area contributed by atoms with Crippen molar-refractivity contribution in [3.63, 3.8) is 0 Å². The van der Waals surface area contributed by atoms with E-state index in [2.05, 4.69) is 38.4 Å². The van der Waals surface area contributed by atoms with Crippen molar-refractivity contribution in [1.82, 2.24) is 20.9 Å². The van der Waals surface area contributed by atoms with E-state index in [1.807, 2.05) is 42.5 Å². The summed E-state index contributed by atoms with van der Waals surface area (Å²) in [5, 5.41) is 12.5. The molecule has 2 fully saturated rings. The van der Waals surface area contributed by atoms with Crippen LogP contribution in [0.5, 0.6) is 0 Å². The van der Waals surface area contributed by atoms with Crippen molar-refractivity contribution in [2.24, 2.45) is 5.92 Å². The number of rotatable bonds is 5. The number of amides is 2. The van der Waals surface area contributed by atoms with E-state index in [-0.39, 0.29) is 35.3 Å². The highest BCUT2D eigenvalue weighted by Crippen LogP contribution is 2.38. The average molecular weight is 483 g/mol. The van der Waals surface area contributed by atoms with Crippen LogP contribution in [0.3, 0.4) is 0 Å². The molecule has 6 nitrogen and oxygen atoms in total. The van der Waals surface area contributed by atoms with Gasteiger partial charge in [-0.05, 0) is 47.1 Å². The molecule has 4 atom stereocenters. The smallest absolute Gasteiger partial charge is 0.237 e. The van der Waals surface area contributed by atoms with Crippen LogP contribution in [-0.2, 0) is 16.1 Å². The minimum Gasteiger partial charge on any atom is -0.352 e. The second-order valence-electron chi connectivity index (χ2n) is 8.73. The third-order valence-electron chi connectivity index (χ3n) is 6.53. The van der Waals surface area contributed by atoms with Gasteiger partial charge in [-0.15, -0.1) is 11.8 Å². The Balaban J connectivity index is 1.22. The fourth-order valence-electron chi connectivity index (χ4n) is 4.75. The van der Waals surface area contributed by atoms with Crippen molar-refractivity contribution in [2.45, 2.75) is 37.0 Å². The molecule has 3 heterocycles. The monoisotopic (exact) mass is 482 g/mol. The summed E-state index contributed by atoms with van der Waals surface area (Å²) >= 11 is 7.51. The van der Waals surface area contributed by atoms with Gasteiger partial charge in [0.25, 0.3) is 0 Å². The summed E-state index contributed by atoms with van der Waals surface area (Å²) in [6.07, 6.45) is 1.48. The zero-order valence-corrected chi connectivity index (χ0v) is 19.7. The standard InChI is InChI=1S/C25H27ClN4O2S/c26-19-10-8-16(9-11-19)13-27-23(31)18-7-4-12-30(14-18)25-28-21-20(17-5-2-1-3-6-17)15-33-22(21)24(32)29-25/h1-3,5-6,8-11,15,18,21-22,25,28H,4,7,12-14H2,(H,27,31)(H,29,32). The summed E-state index contributed by atoms with van der Waals surface area (Å²) in [4.78, 5) is 27.9. The number of likely N-dealkylation sites (tertiary alicyclic amines) is 1. The molecule has 3 aliphatic rings. The number of nitrogens with zero attached hydrogens (tertiary/aromatic N) is 1. The Kier molecular flexibility index (Phi) is 6.74. The zero-order chi connectivity index (χ0) is 22.8. The molecule has 3 N–H and O–H groups in total. The molecule has 0 spiro atoms. The number of halogens is 1. The summed E-state index contributed by atoms with van der Waals surface area (Å²) in [5.74, 6) is -0.00855. The van der Waals surface area contributed by atoms with Crippen molar-refractivity contribution in [2.75, 3.05) is 13.1 Å². The lowest BCUT2D eigenvalue weighted by molar-refractivity contribution is -0.129. The number of piperidine rings is 1. The van der Waals surface area contributed by atoms with Gasteiger partial charge in [0.2, 0.25) is 11.8 Å². The summed E-state index contributed by atoms with van der Waals surface area (Å²) in [6, 6.07) is 17.7. The van der Waals surface area contributed by atoms with Gasteiger partial charge in [-0.1, -0.05) is 54.1 Å². The number of thioether (sulfide) groups is 1. The lowest BCUT2D eigenvalue weighted by Crippen LogP contribution is -2.69. The minimum atomic E-state index is -0.281. The zero-order valence-electron chi connectivity index (χ0n) is 18.2. The lowest BCUT2D eigenvalue weighted by atomic mass is 9.94. The Hall–Kier alpha value is -2.32. The molecular weight excluding hydrogens is 456 g/mol. The van der Waals surface area contributed by atoms with Gasteiger partial charge in [-0.25, -0.2) is 0 Å². The third-order valence-corrected chi connectivity index (χ3v) is 7.95. The molecular formula is C25H27ClN4O2S. The Labute approximate surface area is 203 Å². The van der Waals surface area contributed by atoms with Crippen molar-refractivity contribution in [3.05, 3.63) is 76.2 Å². The first-order valence-corrected chi connectivity index (χ1v) is 12.6. The maximum atomic E-state index is 12.9. The SMILES string of the molecule is O=C(NCc1ccc(Cl)cc1)C1CCCN(C2NC(=O)C3SC=C(c4ccccc4)C3N2)C1. The van der Waals surface area contributed by atoms with Gasteiger partial charge in [-0.3, -0.25) is 19.8 Å². The van der Waals surface area contributed by atoms with Crippen LogP contribution in [0, 0.1) is 5.92 Å². The van der Waals surface area contributed by atoms with Gasteiger partial charge in [0.1, 0.15) is 11.5 Å². The van der Waals surface area contributed by atoms with E-state index < -0.39 is 0 Å². The van der Waals surface area contributed by atoms with Gasteiger partial charge < -0.3 is 10.6 Å². The molecule has 2 aromatic carbocycles. The molecule has 0 bridgehead atoms. The molecule has 5 rings (SSSR count). The van der Waals surface area contributed by atoms with E-state index in [1.165, 1.54) is 0 Å². The molecule has 2 amide bonds. The molecule has 0 aromatic heterocycles. The topological polar surface area (TPSA) is 73.5 Å². The van der Waals surface area contributed by atoms with Crippen molar-refractivity contribution in [3.8, 4) is 0 Å². The van der Waals surface area contributed by atoms with Crippen LogP contribution >= 0.6 is 23.4 Å². The van der Waals surface area contributed by atoms with E-state index in [9.17, 15) is 9.59 Å². The molecule has 0 saturated carbocycles. The van der Waals surface area contributed by atoms with E-state index in [4.69, 9.17) is 11.6 Å². The van der Waals surface area contributed by atoms with E-state index in [0.717, 1.165) is 36.1 Å². The molecule has 172 valence electrons. The number of benzene rings is 2. The maximum absolute atomic E-state index is 12.9. The predicted molar refractivity (Wildman–Crippen MR) is 132 cm³/mol. The normalized spacial score (nSPS) is 27.4. The first-order chi connectivity index (χ1) is 16.1. The predicted octanol–water partition coefficient (Wildman–Crippen LogP) is 3.20. The number of carbonyl (C=O) groups is 2. The second-order valence-corrected chi connectivity index (χ2v) is 10.2. The molecule has 0 aliphatic carbocycles. The van der Waals surface area contributed by atoms with Crippen LogP contribution < -0.4 is 16.0 Å². The molecule has 33 heavy (non-hydrogen) atoms. The quantitative estimate of drug-likeness (QED) is 0.610. The Bertz CT molecular complexity index is 1050. The van der Waals surface area contributed by atoms with Crippen LogP contribution in [0.4, 0.5) is 0 Å². The van der Waals surface area contributed by atoms with E-state index in [1.54, 1.807) is 11.8 Å². The van der Waals surface area contributed by atoms with Gasteiger partial charge >= 0.3 is 0 Å². The molecule has 2 saturated heterocycles. The number of fused-ring (bicyclic) bond motifs is 1. The highest BCUT2D eigenvalue weighted by molar-refractivity contribution is 8.04. The summed E-state index contributed by atoms with van der Waals surface area (Å²) in [7, 11) is 0. The average Bonchev–Trinajstić information content (AvgIpc) is 3.29. The Morgan fingerprint density at radius 3 is 2.73 bits per heavy atom. The number of nitrogens with one attached hydrogen (secondary N) is 3. The van der Waals surface area contributed by atoms with E-state index in [0.29, 0.717) is 18.1 Å². The van der Waals surface area contributed by atoms with Crippen LogP contribution in [0.15, 0.2) is 60.0 Å². The second kappa shape index (κ2) is 9.89. The Morgan fingerprint density at radius 1 is 1.15 bits per heavy atom. The summed E-state index contributed by atoms with van der Waals surface area (Å²) < 4.78 is 0. The summed E-state index contributed by atoms with van der Waals surface area (Å²) in [6.45, 7) is 1.93. The summed E-state index contributed by atoms with van der Waals surface area (Å²) in [5.41, 5.74) is 3.31. The van der Waals surface area contributed by atoms with Crippen molar-refractivity contribution < 1.29 is 9.59 Å². The van der Waals surface area contributed by atoms with Gasteiger partial charge in [0, 0.05) is 24.7 Å². The molecule has 4 unspecified atom stereocenters. The highest BCUT2D eigenvalue weighted by atomic mass is 35.5. The van der Waals surface area contributed by atoms with Crippen LogP contribution in [0.2, 0.25) is 5.02 Å². The van der Waals surface area contributed by atoms with Crippen molar-refractivity contribution in [1.29, 1.82) is 0 Å². The van der Waals surface area contributed by atoms with Gasteiger partial charge in [0.15, 0.2) is 0 Å². The molecule has 2 aromatic rings. The first kappa shape index (κ1) is 22.5. The molecule has 8 heteroatoms. The van der Waals surface area contributed by atoms with Crippen LogP contribution in [-0.4, -0.2) is 47.4 Å². The van der Waals surface area contributed by atoms with Crippen molar-refractivity contribution >= 4 is 40.8 Å². The molecule has 0 radical (unpaired) electrons. The maximum Gasteiger partial charge on any atom is 0.237 e. The van der Waals surface area contributed by atoms with Gasteiger partial charge in [-0.2, -0.15) is 0 Å². The Morgan fingerprint density at radius 2 is 1.94 bits per heavy atom. The molecule has 3 aliphatic heterocycles.